The quantitative estimate of drug-likeness (QED) is 0.543. The van der Waals surface area contributed by atoms with E-state index < -0.39 is 0 Å². The number of ether oxygens (including phenoxy) is 1. The van der Waals surface area contributed by atoms with Gasteiger partial charge in [-0.25, -0.2) is 0 Å². The Labute approximate surface area is 66.3 Å². The number of hydrogen-bond acceptors (Lipinski definition) is 3. The molecule has 0 spiro atoms. The summed E-state index contributed by atoms with van der Waals surface area (Å²) in [5, 5.41) is 0. The number of amides is 1. The van der Waals surface area contributed by atoms with Crippen LogP contribution in [-0.2, 0) is 9.53 Å². The number of morpholine rings is 1. The highest BCUT2D eigenvalue weighted by Crippen LogP contribution is 2.09. The lowest BCUT2D eigenvalue weighted by Crippen LogP contribution is -2.51. The summed E-state index contributed by atoms with van der Waals surface area (Å²) in [6, 6.07) is 0. The molecule has 1 unspecified atom stereocenters. The smallest absolute Gasteiger partial charge is 0.251 e. The van der Waals surface area contributed by atoms with Crippen LogP contribution in [0.15, 0.2) is 0 Å². The zero-order valence-electron chi connectivity index (χ0n) is 6.91. The van der Waals surface area contributed by atoms with Gasteiger partial charge in [0, 0.05) is 20.1 Å². The Morgan fingerprint density at radius 3 is 2.91 bits per heavy atom. The van der Waals surface area contributed by atoms with E-state index in [2.05, 4.69) is 0 Å². The predicted octanol–water partition coefficient (Wildman–Crippen LogP) is -0.809. The number of hydrogen-bond donors (Lipinski definition) is 1. The van der Waals surface area contributed by atoms with Crippen LogP contribution < -0.4 is 5.73 Å². The number of nitrogens with two attached hydrogens (primary N) is 1. The minimum Gasteiger partial charge on any atom is -0.362 e. The minimum atomic E-state index is -0.331. The zero-order chi connectivity index (χ0) is 8.43. The monoisotopic (exact) mass is 158 g/mol. The van der Waals surface area contributed by atoms with E-state index in [9.17, 15) is 4.79 Å². The fraction of sp³-hybridized carbons (Fsp3) is 0.857. The Kier molecular flexibility index (Phi) is 2.46. The summed E-state index contributed by atoms with van der Waals surface area (Å²) >= 11 is 0. The summed E-state index contributed by atoms with van der Waals surface area (Å²) in [5.41, 5.74) is 5.41. The summed E-state index contributed by atoms with van der Waals surface area (Å²) in [6.07, 6.45) is -0.324. The summed E-state index contributed by atoms with van der Waals surface area (Å²) < 4.78 is 5.30. The molecule has 4 nitrogen and oxygen atoms in total. The van der Waals surface area contributed by atoms with E-state index in [-0.39, 0.29) is 18.1 Å². The third-order valence-electron chi connectivity index (χ3n) is 1.86. The molecule has 4 heteroatoms. The fourth-order valence-corrected chi connectivity index (χ4v) is 1.23. The van der Waals surface area contributed by atoms with Crippen molar-refractivity contribution in [3.8, 4) is 0 Å². The molecule has 0 aromatic carbocycles. The average Bonchev–Trinajstić information content (AvgIpc) is 1.99. The van der Waals surface area contributed by atoms with Gasteiger partial charge in [-0.1, -0.05) is 0 Å². The van der Waals surface area contributed by atoms with E-state index in [1.165, 1.54) is 0 Å². The number of carbonyl (C=O) groups excluding carboxylic acids is 1. The third kappa shape index (κ3) is 1.70. The van der Waals surface area contributed by atoms with Gasteiger partial charge in [-0.2, -0.15) is 0 Å². The maximum absolute atomic E-state index is 11.1. The van der Waals surface area contributed by atoms with Crippen LogP contribution in [0.1, 0.15) is 6.92 Å². The van der Waals surface area contributed by atoms with Crippen molar-refractivity contribution in [2.75, 3.05) is 20.1 Å². The Bertz CT molecular complexity index is 147. The molecule has 1 saturated heterocycles. The topological polar surface area (TPSA) is 55.6 Å². The van der Waals surface area contributed by atoms with Gasteiger partial charge < -0.3 is 15.4 Å². The van der Waals surface area contributed by atoms with Crippen LogP contribution >= 0.6 is 0 Å². The van der Waals surface area contributed by atoms with Crippen molar-refractivity contribution in [2.24, 2.45) is 5.73 Å². The van der Waals surface area contributed by atoms with Gasteiger partial charge in [-0.3, -0.25) is 4.79 Å². The molecule has 1 heterocycles. The van der Waals surface area contributed by atoms with Gasteiger partial charge in [0.15, 0.2) is 0 Å². The molecular weight excluding hydrogens is 144 g/mol. The number of carbonyl (C=O) groups is 1. The molecule has 1 fully saturated rings. The molecule has 11 heavy (non-hydrogen) atoms. The van der Waals surface area contributed by atoms with Crippen LogP contribution in [-0.4, -0.2) is 43.2 Å². The second-order valence-electron chi connectivity index (χ2n) is 2.85. The lowest BCUT2D eigenvalue weighted by molar-refractivity contribution is -0.156. The van der Waals surface area contributed by atoms with Crippen LogP contribution in [0, 0.1) is 0 Å². The first-order valence-corrected chi connectivity index (χ1v) is 3.75. The van der Waals surface area contributed by atoms with Crippen LogP contribution in [0.3, 0.4) is 0 Å². The summed E-state index contributed by atoms with van der Waals surface area (Å²) in [5.74, 6) is 0.0368. The van der Waals surface area contributed by atoms with Gasteiger partial charge in [-0.15, -0.1) is 0 Å². The zero-order valence-corrected chi connectivity index (χ0v) is 6.91. The summed E-state index contributed by atoms with van der Waals surface area (Å²) in [6.45, 7) is 2.84. The Morgan fingerprint density at radius 1 is 1.82 bits per heavy atom. The molecule has 64 valence electrons. The van der Waals surface area contributed by atoms with E-state index in [1.807, 2.05) is 0 Å². The standard InChI is InChI=1S/C7H14N2O2/c1-5-7(10)9(2)4-6(3-8)11-5/h5-6H,3-4,8H2,1-2H3/t5-,6?/m0/s1. The predicted molar refractivity (Wildman–Crippen MR) is 41.0 cm³/mol. The highest BCUT2D eigenvalue weighted by atomic mass is 16.5. The van der Waals surface area contributed by atoms with Crippen molar-refractivity contribution in [2.45, 2.75) is 19.1 Å². The molecule has 0 aromatic heterocycles. The minimum absolute atomic E-state index is 0.00713. The maximum Gasteiger partial charge on any atom is 0.251 e. The van der Waals surface area contributed by atoms with Crippen molar-refractivity contribution in [3.63, 3.8) is 0 Å². The van der Waals surface area contributed by atoms with Crippen LogP contribution in [0.5, 0.6) is 0 Å². The van der Waals surface area contributed by atoms with Gasteiger partial charge >= 0.3 is 0 Å². The molecule has 1 amide bonds. The van der Waals surface area contributed by atoms with E-state index >= 15 is 0 Å². The lowest BCUT2D eigenvalue weighted by atomic mass is 10.2. The summed E-state index contributed by atoms with van der Waals surface area (Å²) in [7, 11) is 1.77. The van der Waals surface area contributed by atoms with Gasteiger partial charge in [-0.05, 0) is 6.92 Å². The molecule has 0 aliphatic carbocycles. The second-order valence-corrected chi connectivity index (χ2v) is 2.85. The van der Waals surface area contributed by atoms with E-state index in [0.29, 0.717) is 13.1 Å². The molecule has 2 atom stereocenters. The average molecular weight is 158 g/mol. The number of nitrogens with zero attached hydrogens (tertiary/aromatic N) is 1. The Morgan fingerprint density at radius 2 is 2.45 bits per heavy atom. The van der Waals surface area contributed by atoms with Crippen LogP contribution in [0.4, 0.5) is 0 Å². The van der Waals surface area contributed by atoms with Crippen molar-refractivity contribution in [1.29, 1.82) is 0 Å². The van der Waals surface area contributed by atoms with Crippen LogP contribution in [0.25, 0.3) is 0 Å². The van der Waals surface area contributed by atoms with Gasteiger partial charge in [0.2, 0.25) is 0 Å². The fourth-order valence-electron chi connectivity index (χ4n) is 1.23. The van der Waals surface area contributed by atoms with Crippen molar-refractivity contribution < 1.29 is 9.53 Å². The van der Waals surface area contributed by atoms with E-state index in [1.54, 1.807) is 18.9 Å². The normalized spacial score (nSPS) is 32.6. The van der Waals surface area contributed by atoms with Gasteiger partial charge in [0.05, 0.1) is 6.10 Å². The van der Waals surface area contributed by atoms with E-state index in [4.69, 9.17) is 10.5 Å². The van der Waals surface area contributed by atoms with Crippen LogP contribution in [0.2, 0.25) is 0 Å². The van der Waals surface area contributed by atoms with Crippen molar-refractivity contribution >= 4 is 5.91 Å². The van der Waals surface area contributed by atoms with Gasteiger partial charge in [0.25, 0.3) is 5.91 Å². The largest absolute Gasteiger partial charge is 0.362 e. The molecule has 0 aromatic rings. The van der Waals surface area contributed by atoms with Crippen molar-refractivity contribution in [3.05, 3.63) is 0 Å². The molecule has 2 N–H and O–H groups in total. The molecule has 0 saturated carbocycles. The first-order chi connectivity index (χ1) is 5.15. The second kappa shape index (κ2) is 3.19. The molecule has 1 rings (SSSR count). The first-order valence-electron chi connectivity index (χ1n) is 3.75. The molecular formula is C7H14N2O2. The lowest BCUT2D eigenvalue weighted by Gasteiger charge is -2.33. The molecule has 1 aliphatic heterocycles. The Balaban J connectivity index is 2.54. The molecule has 1 aliphatic rings. The highest BCUT2D eigenvalue weighted by Gasteiger charge is 2.28. The van der Waals surface area contributed by atoms with Gasteiger partial charge in [0.1, 0.15) is 6.10 Å². The molecule has 0 radical (unpaired) electrons. The first kappa shape index (κ1) is 8.49. The third-order valence-corrected chi connectivity index (χ3v) is 1.86. The number of likely N-dealkylation sites (N-methyl/N-ethyl adjacent to an activating group) is 1. The summed E-state index contributed by atoms with van der Waals surface area (Å²) in [4.78, 5) is 12.8. The van der Waals surface area contributed by atoms with E-state index in [0.717, 1.165) is 0 Å². The number of rotatable bonds is 1. The molecule has 0 bridgehead atoms. The SMILES string of the molecule is C[C@@H]1OC(CN)CN(C)C1=O. The maximum atomic E-state index is 11.1. The highest BCUT2D eigenvalue weighted by molar-refractivity contribution is 5.80. The Hall–Kier alpha value is -0.610. The van der Waals surface area contributed by atoms with Crippen molar-refractivity contribution in [1.82, 2.24) is 4.90 Å².